The molecule has 0 atom stereocenters. The third kappa shape index (κ3) is 11.0. The van der Waals surface area contributed by atoms with Gasteiger partial charge in [0.1, 0.15) is 0 Å². The lowest BCUT2D eigenvalue weighted by atomic mass is 9.87. The van der Waals surface area contributed by atoms with Crippen LogP contribution < -0.4 is 0 Å². The lowest BCUT2D eigenvalue weighted by Crippen LogP contribution is -1.93. The highest BCUT2D eigenvalue weighted by atomic mass is 15.0. The minimum Gasteiger partial charge on any atom is -0.309 e. The maximum atomic E-state index is 9.72. The Balaban J connectivity index is 0.000000142. The molecule has 112 heavy (non-hydrogen) atoms. The van der Waals surface area contributed by atoms with Crippen molar-refractivity contribution < 1.29 is 0 Å². The first kappa shape index (κ1) is 65.1. The van der Waals surface area contributed by atoms with E-state index in [2.05, 4.69) is 373 Å². The van der Waals surface area contributed by atoms with E-state index in [1.165, 1.54) is 114 Å². The number of para-hydroxylation sites is 2. The van der Waals surface area contributed by atoms with Crippen LogP contribution in [0.5, 0.6) is 0 Å². The van der Waals surface area contributed by atoms with Gasteiger partial charge >= 0.3 is 0 Å². The number of rotatable bonds is 9. The first-order valence-corrected chi connectivity index (χ1v) is 38.0. The minimum absolute atomic E-state index is 0.651. The van der Waals surface area contributed by atoms with Crippen LogP contribution in [0.15, 0.2) is 394 Å². The van der Waals surface area contributed by atoms with Gasteiger partial charge in [-0.3, -0.25) is 0 Å². The van der Waals surface area contributed by atoms with Gasteiger partial charge in [0.2, 0.25) is 0 Å². The van der Waals surface area contributed by atoms with E-state index in [1.807, 2.05) is 42.5 Å². The number of nitriles is 2. The largest absolute Gasteiger partial charge is 0.309 e. The summed E-state index contributed by atoms with van der Waals surface area (Å²) in [6.45, 7) is 0. The predicted molar refractivity (Wildman–Crippen MR) is 469 cm³/mol. The Morgan fingerprint density at radius 1 is 0.188 bits per heavy atom. The summed E-state index contributed by atoms with van der Waals surface area (Å²) in [5.74, 6) is 0. The van der Waals surface area contributed by atoms with Crippen LogP contribution in [0.25, 0.3) is 209 Å². The highest BCUT2D eigenvalue weighted by Gasteiger charge is 2.21. The summed E-state index contributed by atoms with van der Waals surface area (Å²) in [5.41, 5.74) is 23.8. The molecule has 0 unspecified atom stereocenters. The van der Waals surface area contributed by atoms with Crippen molar-refractivity contribution in [3.05, 3.63) is 405 Å². The Labute approximate surface area is 646 Å². The van der Waals surface area contributed by atoms with Gasteiger partial charge in [0.25, 0.3) is 0 Å². The maximum Gasteiger partial charge on any atom is 0.0992 e. The van der Waals surface area contributed by atoms with E-state index in [4.69, 9.17) is 4.98 Å². The second kappa shape index (κ2) is 26.9. The zero-order chi connectivity index (χ0) is 74.3. The van der Waals surface area contributed by atoms with Gasteiger partial charge in [-0.25, -0.2) is 4.98 Å². The molecule has 0 amide bonds. The molecule has 0 fully saturated rings. The van der Waals surface area contributed by atoms with Crippen molar-refractivity contribution in [2.75, 3.05) is 0 Å². The highest BCUT2D eigenvalue weighted by molar-refractivity contribution is 6.26. The summed E-state index contributed by atoms with van der Waals surface area (Å²) < 4.78 is 4.55. The van der Waals surface area contributed by atoms with Gasteiger partial charge in [-0.15, -0.1) is 0 Å². The minimum atomic E-state index is 0.651. The van der Waals surface area contributed by atoms with Gasteiger partial charge in [-0.05, 0) is 234 Å². The van der Waals surface area contributed by atoms with Crippen LogP contribution in [0.1, 0.15) is 11.1 Å². The normalized spacial score (nSPS) is 11.6. The van der Waals surface area contributed by atoms with E-state index in [1.54, 1.807) is 0 Å². The predicted octanol–water partition coefficient (Wildman–Crippen LogP) is 28.4. The monoisotopic (exact) mass is 1420 g/mol. The van der Waals surface area contributed by atoms with Crippen LogP contribution >= 0.6 is 0 Å². The number of hydrogen-bond acceptors (Lipinski definition) is 3. The van der Waals surface area contributed by atoms with Crippen LogP contribution in [-0.2, 0) is 0 Å². The van der Waals surface area contributed by atoms with Crippen LogP contribution in [0, 0.1) is 22.7 Å². The molecule has 0 aliphatic carbocycles. The lowest BCUT2D eigenvalue weighted by Gasteiger charge is -2.16. The molecule has 3 aromatic heterocycles. The summed E-state index contributed by atoms with van der Waals surface area (Å²) >= 11 is 0. The van der Waals surface area contributed by atoms with Gasteiger partial charge in [0.15, 0.2) is 0 Å². The Hall–Kier alpha value is -15.3. The zero-order valence-electron chi connectivity index (χ0n) is 60.8. The number of aromatic nitrogens is 3. The fraction of sp³-hybridized carbons (Fsp3) is 0. The standard InChI is InChI=1S/C54H33N3.C53H32N2/c55-34-35-22-28-45-46-29-27-39(31-54(46)57(53(45)30-35)40-14-5-2-6-15-40)36-23-25-37(26-24-36)47-32-48-43-18-9-10-19-44(43)50(33-49(48)42-17-8-7-16-41(42)47)52-21-11-20-51(56-52)38-12-3-1-4-13-38;54-33-34-18-26-46-47-27-25-39(30-53(47)55(52(46)28-34)41-12-2-1-3-13-41)36-19-22-37(23-20-36)48-31-50-45-17-9-7-15-43(45)49(32-51(50)44-16-8-6-14-42(44)48)40-24-21-35-10-4-5-11-38(35)29-40/h1-33H;1-32H. The fourth-order valence-electron chi connectivity index (χ4n) is 17.5. The average Bonchev–Trinajstić information content (AvgIpc) is 1.08. The quantitative estimate of drug-likeness (QED) is 0.135. The third-order valence-electron chi connectivity index (χ3n) is 22.8. The molecule has 22 aromatic rings. The highest BCUT2D eigenvalue weighted by Crippen LogP contribution is 2.47. The first-order chi connectivity index (χ1) is 55.4. The molecular weight excluding hydrogens is 1360 g/mol. The van der Waals surface area contributed by atoms with Crippen molar-refractivity contribution in [3.63, 3.8) is 0 Å². The van der Waals surface area contributed by atoms with Crippen molar-refractivity contribution in [2.45, 2.75) is 0 Å². The topological polar surface area (TPSA) is 70.3 Å². The maximum absolute atomic E-state index is 9.72. The van der Waals surface area contributed by atoms with Crippen molar-refractivity contribution in [2.24, 2.45) is 0 Å². The summed E-state index contributed by atoms with van der Waals surface area (Å²) in [6.07, 6.45) is 0. The molecule has 0 aliphatic rings. The lowest BCUT2D eigenvalue weighted by molar-refractivity contribution is 1.18. The number of nitrogens with zero attached hydrogens (tertiary/aromatic N) is 5. The number of pyridine rings is 1. The molecule has 518 valence electrons. The Kier molecular flexibility index (Phi) is 15.6. The molecule has 19 aromatic carbocycles. The molecule has 22 rings (SSSR count). The first-order valence-electron chi connectivity index (χ1n) is 38.0. The Morgan fingerprint density at radius 3 is 0.964 bits per heavy atom. The van der Waals surface area contributed by atoms with Gasteiger partial charge in [-0.1, -0.05) is 291 Å². The molecule has 0 bridgehead atoms. The second-order valence-corrected chi connectivity index (χ2v) is 29.1. The van der Waals surface area contributed by atoms with Crippen molar-refractivity contribution >= 4 is 119 Å². The summed E-state index contributed by atoms with van der Waals surface area (Å²) in [4.78, 5) is 5.19. The van der Waals surface area contributed by atoms with Gasteiger partial charge in [0.05, 0.1) is 56.7 Å². The summed E-state index contributed by atoms with van der Waals surface area (Å²) in [5, 5.41) is 41.4. The number of fused-ring (bicyclic) bond motifs is 17. The van der Waals surface area contributed by atoms with Crippen LogP contribution in [0.4, 0.5) is 0 Å². The van der Waals surface area contributed by atoms with Crippen molar-refractivity contribution in [1.82, 2.24) is 14.1 Å². The van der Waals surface area contributed by atoms with E-state index in [9.17, 15) is 10.5 Å². The second-order valence-electron chi connectivity index (χ2n) is 29.1. The third-order valence-corrected chi connectivity index (χ3v) is 22.8. The molecule has 0 saturated heterocycles. The van der Waals surface area contributed by atoms with Crippen molar-refractivity contribution in [1.29, 1.82) is 10.5 Å². The number of hydrogen-bond donors (Lipinski definition) is 0. The smallest absolute Gasteiger partial charge is 0.0992 e. The molecular formula is C107H65N5. The Morgan fingerprint density at radius 2 is 0.518 bits per heavy atom. The van der Waals surface area contributed by atoms with E-state index < -0.39 is 0 Å². The molecule has 0 spiro atoms. The molecule has 5 nitrogen and oxygen atoms in total. The zero-order valence-corrected chi connectivity index (χ0v) is 60.8. The Bertz CT molecular complexity index is 7670. The van der Waals surface area contributed by atoms with Crippen molar-refractivity contribution in [3.8, 4) is 102 Å². The SMILES string of the molecule is N#Cc1ccc2c3ccc(-c4ccc(-c5cc6c7ccccc7c(-c7ccc8ccccc8c7)cc6c6ccccc56)cc4)cc3n(-c3ccccc3)c2c1.N#Cc1ccc2c3ccc(-c4ccc(-c5cc6c7ccccc7c(-c7cccc(-c8ccccc8)n7)cc6c6ccccc56)cc4)cc3n(-c3ccccc3)c2c1. The van der Waals surface area contributed by atoms with Crippen LogP contribution in [0.2, 0.25) is 0 Å². The molecule has 3 heterocycles. The van der Waals surface area contributed by atoms with E-state index in [-0.39, 0.29) is 0 Å². The van der Waals surface area contributed by atoms with Gasteiger partial charge in [-0.2, -0.15) is 10.5 Å². The fourth-order valence-corrected chi connectivity index (χ4v) is 17.5. The molecule has 0 radical (unpaired) electrons. The molecule has 0 saturated carbocycles. The summed E-state index contributed by atoms with van der Waals surface area (Å²) in [6, 6.07) is 146. The molecule has 5 heteroatoms. The average molecular weight is 1420 g/mol. The van der Waals surface area contributed by atoms with Crippen LogP contribution in [-0.4, -0.2) is 14.1 Å². The van der Waals surface area contributed by atoms with E-state index >= 15 is 0 Å². The molecule has 0 aliphatic heterocycles. The molecule has 0 N–H and O–H groups in total. The number of benzene rings is 19. The van der Waals surface area contributed by atoms with E-state index in [0.29, 0.717) is 11.1 Å². The van der Waals surface area contributed by atoms with Gasteiger partial charge in [0, 0.05) is 44.0 Å². The van der Waals surface area contributed by atoms with Crippen LogP contribution in [0.3, 0.4) is 0 Å². The van der Waals surface area contributed by atoms with Gasteiger partial charge < -0.3 is 9.13 Å². The van der Waals surface area contributed by atoms with E-state index in [0.717, 1.165) is 94.4 Å². The summed E-state index contributed by atoms with van der Waals surface area (Å²) in [7, 11) is 0.